The normalized spacial score (nSPS) is 10.6. The summed E-state index contributed by atoms with van der Waals surface area (Å²) in [4.78, 5) is 4.20. The van der Waals surface area contributed by atoms with E-state index in [9.17, 15) is 10.2 Å². The predicted octanol–water partition coefficient (Wildman–Crippen LogP) is 2.74. The molecule has 0 amide bonds. The van der Waals surface area contributed by atoms with E-state index in [1.165, 1.54) is 18.2 Å². The summed E-state index contributed by atoms with van der Waals surface area (Å²) in [5, 5.41) is 23.4. The maximum atomic E-state index is 9.76. The third-order valence-corrected chi connectivity index (χ3v) is 2.91. The van der Waals surface area contributed by atoms with Crippen LogP contribution in [0.4, 0.5) is 0 Å². The molecule has 0 atom stereocenters. The zero-order valence-corrected chi connectivity index (χ0v) is 10.5. The van der Waals surface area contributed by atoms with Gasteiger partial charge in [-0.2, -0.15) is 4.98 Å². The van der Waals surface area contributed by atoms with Gasteiger partial charge in [0.05, 0.1) is 0 Å². The first-order valence-corrected chi connectivity index (χ1v) is 6.12. The van der Waals surface area contributed by atoms with Crippen LogP contribution in [0, 0.1) is 0 Å². The molecule has 0 aliphatic carbocycles. The highest BCUT2D eigenvalue weighted by atomic mass is 16.5. The molecule has 0 radical (unpaired) electrons. The Labute approximate surface area is 115 Å². The molecule has 3 aromatic rings. The average Bonchev–Trinajstić information content (AvgIpc) is 2.88. The number of hydrogen-bond acceptors (Lipinski definition) is 5. The molecular formula is C15H12N2O3. The van der Waals surface area contributed by atoms with E-state index in [0.29, 0.717) is 12.2 Å². The largest absolute Gasteiger partial charge is 0.507 e. The number of aromatic nitrogens is 2. The van der Waals surface area contributed by atoms with Gasteiger partial charge in [-0.25, -0.2) is 0 Å². The van der Waals surface area contributed by atoms with Gasteiger partial charge in [-0.15, -0.1) is 0 Å². The van der Waals surface area contributed by atoms with E-state index in [1.807, 2.05) is 30.3 Å². The SMILES string of the molecule is Oc1cccc(O)c1-c1nc(Cc2ccccc2)no1. The van der Waals surface area contributed by atoms with E-state index in [1.54, 1.807) is 0 Å². The standard InChI is InChI=1S/C15H12N2O3/c18-11-7-4-8-12(19)14(11)15-16-13(17-20-15)9-10-5-2-1-3-6-10/h1-8,18-19H,9H2. The lowest BCUT2D eigenvalue weighted by molar-refractivity contribution is 0.410. The molecule has 0 aliphatic rings. The Morgan fingerprint density at radius 1 is 0.900 bits per heavy atom. The van der Waals surface area contributed by atoms with Crippen LogP contribution >= 0.6 is 0 Å². The summed E-state index contributed by atoms with van der Waals surface area (Å²) in [6.07, 6.45) is 0.526. The quantitative estimate of drug-likeness (QED) is 0.763. The molecule has 3 rings (SSSR count). The molecule has 0 saturated carbocycles. The van der Waals surface area contributed by atoms with E-state index in [2.05, 4.69) is 10.1 Å². The summed E-state index contributed by atoms with van der Waals surface area (Å²) >= 11 is 0. The molecule has 0 unspecified atom stereocenters. The van der Waals surface area contributed by atoms with Crippen LogP contribution in [0.2, 0.25) is 0 Å². The monoisotopic (exact) mass is 268 g/mol. The number of nitrogens with zero attached hydrogens (tertiary/aromatic N) is 2. The fourth-order valence-electron chi connectivity index (χ4n) is 1.95. The van der Waals surface area contributed by atoms with Gasteiger partial charge in [0, 0.05) is 6.42 Å². The first-order valence-electron chi connectivity index (χ1n) is 6.12. The fourth-order valence-corrected chi connectivity index (χ4v) is 1.95. The van der Waals surface area contributed by atoms with Gasteiger partial charge in [0.2, 0.25) is 0 Å². The van der Waals surface area contributed by atoms with Crippen molar-refractivity contribution < 1.29 is 14.7 Å². The van der Waals surface area contributed by atoms with E-state index in [0.717, 1.165) is 5.56 Å². The molecule has 0 fully saturated rings. The summed E-state index contributed by atoms with van der Waals surface area (Å²) in [7, 11) is 0. The average molecular weight is 268 g/mol. The Kier molecular flexibility index (Phi) is 3.09. The third-order valence-electron chi connectivity index (χ3n) is 2.91. The van der Waals surface area contributed by atoms with Crippen molar-refractivity contribution in [3.8, 4) is 23.0 Å². The lowest BCUT2D eigenvalue weighted by Crippen LogP contribution is -1.90. The number of phenols is 2. The Bertz CT molecular complexity index is 703. The van der Waals surface area contributed by atoms with Crippen molar-refractivity contribution in [2.75, 3.05) is 0 Å². The van der Waals surface area contributed by atoms with E-state index in [-0.39, 0.29) is 23.0 Å². The Balaban J connectivity index is 1.91. The van der Waals surface area contributed by atoms with Gasteiger partial charge in [-0.3, -0.25) is 0 Å². The molecule has 0 saturated heterocycles. The van der Waals surface area contributed by atoms with Gasteiger partial charge in [-0.1, -0.05) is 41.6 Å². The summed E-state index contributed by atoms with van der Waals surface area (Å²) in [6, 6.07) is 14.2. The maximum Gasteiger partial charge on any atom is 0.265 e. The molecule has 20 heavy (non-hydrogen) atoms. The summed E-state index contributed by atoms with van der Waals surface area (Å²) in [5.74, 6) is 0.403. The lowest BCUT2D eigenvalue weighted by atomic mass is 10.1. The Morgan fingerprint density at radius 2 is 1.60 bits per heavy atom. The van der Waals surface area contributed by atoms with Gasteiger partial charge in [-0.05, 0) is 17.7 Å². The van der Waals surface area contributed by atoms with Crippen molar-refractivity contribution in [1.29, 1.82) is 0 Å². The Hall–Kier alpha value is -2.82. The maximum absolute atomic E-state index is 9.76. The second-order valence-corrected chi connectivity index (χ2v) is 4.35. The smallest absolute Gasteiger partial charge is 0.265 e. The van der Waals surface area contributed by atoms with Crippen molar-refractivity contribution in [1.82, 2.24) is 10.1 Å². The number of aromatic hydroxyl groups is 2. The molecule has 100 valence electrons. The Morgan fingerprint density at radius 3 is 2.30 bits per heavy atom. The molecule has 5 heteroatoms. The summed E-state index contributed by atoms with van der Waals surface area (Å²) in [6.45, 7) is 0. The van der Waals surface area contributed by atoms with Crippen molar-refractivity contribution in [2.24, 2.45) is 0 Å². The van der Waals surface area contributed by atoms with Crippen LogP contribution in [0.15, 0.2) is 53.1 Å². The number of benzene rings is 2. The minimum atomic E-state index is -0.0973. The van der Waals surface area contributed by atoms with Crippen LogP contribution in [0.1, 0.15) is 11.4 Å². The molecule has 0 aliphatic heterocycles. The van der Waals surface area contributed by atoms with Gasteiger partial charge >= 0.3 is 0 Å². The van der Waals surface area contributed by atoms with Gasteiger partial charge in [0.15, 0.2) is 5.82 Å². The molecule has 0 spiro atoms. The van der Waals surface area contributed by atoms with Crippen LogP contribution in [0.3, 0.4) is 0 Å². The van der Waals surface area contributed by atoms with Crippen LogP contribution in [-0.2, 0) is 6.42 Å². The van der Waals surface area contributed by atoms with E-state index >= 15 is 0 Å². The zero-order valence-electron chi connectivity index (χ0n) is 10.5. The highest BCUT2D eigenvalue weighted by Gasteiger charge is 2.17. The molecule has 1 heterocycles. The highest BCUT2D eigenvalue weighted by Crippen LogP contribution is 2.35. The minimum absolute atomic E-state index is 0.0973. The lowest BCUT2D eigenvalue weighted by Gasteiger charge is -2.01. The third kappa shape index (κ3) is 2.33. The van der Waals surface area contributed by atoms with E-state index in [4.69, 9.17) is 4.52 Å². The first-order chi connectivity index (χ1) is 9.74. The van der Waals surface area contributed by atoms with Crippen molar-refractivity contribution in [3.63, 3.8) is 0 Å². The number of rotatable bonds is 3. The van der Waals surface area contributed by atoms with Crippen LogP contribution in [0.5, 0.6) is 11.5 Å². The first kappa shape index (κ1) is 12.2. The van der Waals surface area contributed by atoms with Gasteiger partial charge in [0.1, 0.15) is 17.1 Å². The van der Waals surface area contributed by atoms with E-state index < -0.39 is 0 Å². The summed E-state index contributed by atoms with van der Waals surface area (Å²) < 4.78 is 5.10. The summed E-state index contributed by atoms with van der Waals surface area (Å²) in [5.41, 5.74) is 1.21. The molecule has 1 aromatic heterocycles. The van der Waals surface area contributed by atoms with Crippen LogP contribution < -0.4 is 0 Å². The van der Waals surface area contributed by atoms with Crippen LogP contribution in [0.25, 0.3) is 11.5 Å². The number of hydrogen-bond donors (Lipinski definition) is 2. The molecule has 0 bridgehead atoms. The molecule has 2 aromatic carbocycles. The highest BCUT2D eigenvalue weighted by molar-refractivity contribution is 5.69. The van der Waals surface area contributed by atoms with Crippen molar-refractivity contribution in [2.45, 2.75) is 6.42 Å². The van der Waals surface area contributed by atoms with Crippen molar-refractivity contribution in [3.05, 3.63) is 59.9 Å². The topological polar surface area (TPSA) is 79.4 Å². The molecule has 5 nitrogen and oxygen atoms in total. The van der Waals surface area contributed by atoms with Gasteiger partial charge < -0.3 is 14.7 Å². The second-order valence-electron chi connectivity index (χ2n) is 4.35. The molecular weight excluding hydrogens is 256 g/mol. The zero-order chi connectivity index (χ0) is 13.9. The van der Waals surface area contributed by atoms with Crippen molar-refractivity contribution >= 4 is 0 Å². The van der Waals surface area contributed by atoms with Gasteiger partial charge in [0.25, 0.3) is 5.89 Å². The molecule has 2 N–H and O–H groups in total. The predicted molar refractivity (Wildman–Crippen MR) is 72.3 cm³/mol. The second kappa shape index (κ2) is 5.05. The minimum Gasteiger partial charge on any atom is -0.507 e. The van der Waals surface area contributed by atoms with Crippen LogP contribution in [-0.4, -0.2) is 20.4 Å². The number of phenolic OH excluding ortho intramolecular Hbond substituents is 2. The fraction of sp³-hybridized carbons (Fsp3) is 0.0667.